The predicted octanol–water partition coefficient (Wildman–Crippen LogP) is 3.08. The summed E-state index contributed by atoms with van der Waals surface area (Å²) in [6.45, 7) is 11.1. The molecule has 248 valence electrons. The van der Waals surface area contributed by atoms with Crippen molar-refractivity contribution in [2.75, 3.05) is 32.1 Å². The normalized spacial score (nSPS) is 21.5. The monoisotopic (exact) mass is 636 g/mol. The molecule has 1 aromatic carbocycles. The summed E-state index contributed by atoms with van der Waals surface area (Å²) in [5, 5.41) is 15.8. The molecule has 2 aliphatic heterocycles. The van der Waals surface area contributed by atoms with E-state index in [-0.39, 0.29) is 25.5 Å². The summed E-state index contributed by atoms with van der Waals surface area (Å²) in [5.74, 6) is -2.82. The van der Waals surface area contributed by atoms with Crippen molar-refractivity contribution < 1.29 is 33.8 Å². The number of anilines is 1. The number of hydrogen-bond donors (Lipinski definition) is 3. The van der Waals surface area contributed by atoms with Gasteiger partial charge in [0.2, 0.25) is 23.6 Å². The zero-order valence-corrected chi connectivity index (χ0v) is 26.9. The van der Waals surface area contributed by atoms with Gasteiger partial charge in [0.15, 0.2) is 0 Å². The highest BCUT2D eigenvalue weighted by atomic mass is 16.5. The van der Waals surface area contributed by atoms with E-state index >= 15 is 0 Å². The summed E-state index contributed by atoms with van der Waals surface area (Å²) in [5.41, 5.74) is 1.75. The van der Waals surface area contributed by atoms with Gasteiger partial charge < -0.3 is 35.0 Å². The minimum atomic E-state index is -1.35. The minimum Gasteiger partial charge on any atom is -0.480 e. The summed E-state index contributed by atoms with van der Waals surface area (Å²) in [4.78, 5) is 65.1. The molecule has 0 aliphatic carbocycles. The number of carbonyl (C=O) groups is 4. The number of aromatic nitrogens is 2. The number of aliphatic carboxylic acids is 1. The Kier molecular flexibility index (Phi) is 11.2. The lowest BCUT2D eigenvalue weighted by Gasteiger charge is -2.31. The highest BCUT2D eigenvalue weighted by Gasteiger charge is 2.45. The van der Waals surface area contributed by atoms with Crippen molar-refractivity contribution in [2.45, 2.75) is 70.2 Å². The van der Waals surface area contributed by atoms with Crippen molar-refractivity contribution >= 4 is 40.7 Å². The molecule has 4 rings (SSSR count). The van der Waals surface area contributed by atoms with Crippen LogP contribution in [-0.4, -0.2) is 95.3 Å². The highest BCUT2D eigenvalue weighted by Crippen LogP contribution is 2.31. The third-order valence-corrected chi connectivity index (χ3v) is 8.28. The fraction of sp³-hybridized carbons (Fsp3) is 0.515. The second kappa shape index (κ2) is 15.1. The van der Waals surface area contributed by atoms with Crippen LogP contribution in [-0.2, 0) is 25.5 Å². The number of hydrogen-bond acceptors (Lipinski definition) is 9. The van der Waals surface area contributed by atoms with Gasteiger partial charge in [-0.1, -0.05) is 32.1 Å². The molecule has 1 aromatic heterocycles. The number of fused-ring (bicyclic) bond motifs is 3. The van der Waals surface area contributed by atoms with Gasteiger partial charge in [-0.2, -0.15) is 4.98 Å². The Morgan fingerprint density at radius 3 is 2.54 bits per heavy atom. The fourth-order valence-electron chi connectivity index (χ4n) is 5.69. The van der Waals surface area contributed by atoms with E-state index in [1.165, 1.54) is 17.1 Å². The number of carboxylic acids is 1. The lowest BCUT2D eigenvalue weighted by Crippen LogP contribution is -2.57. The zero-order valence-electron chi connectivity index (χ0n) is 26.9. The van der Waals surface area contributed by atoms with Crippen LogP contribution in [0.2, 0.25) is 0 Å². The zero-order chi connectivity index (χ0) is 33.5. The molecule has 3 amide bonds. The number of benzene rings is 1. The van der Waals surface area contributed by atoms with Crippen LogP contribution in [0.25, 0.3) is 10.9 Å². The predicted molar refractivity (Wildman–Crippen MR) is 173 cm³/mol. The molecule has 0 radical (unpaired) electrons. The molecule has 0 spiro atoms. The number of rotatable bonds is 8. The van der Waals surface area contributed by atoms with Crippen molar-refractivity contribution in [1.82, 2.24) is 25.5 Å². The maximum atomic E-state index is 14.1. The van der Waals surface area contributed by atoms with Crippen LogP contribution >= 0.6 is 0 Å². The van der Waals surface area contributed by atoms with Crippen molar-refractivity contribution in [3.63, 3.8) is 0 Å². The molecule has 2 aliphatic rings. The van der Waals surface area contributed by atoms with E-state index in [9.17, 15) is 24.3 Å². The molecule has 1 unspecified atom stereocenters. The Bertz CT molecular complexity index is 1470. The second-order valence-electron chi connectivity index (χ2n) is 12.2. The Morgan fingerprint density at radius 2 is 1.89 bits per heavy atom. The van der Waals surface area contributed by atoms with Crippen LogP contribution < -0.4 is 20.3 Å². The van der Waals surface area contributed by atoms with Crippen molar-refractivity contribution in [1.29, 1.82) is 0 Å². The number of nitrogens with zero attached hydrogens (tertiary/aromatic N) is 4. The Morgan fingerprint density at radius 1 is 1.15 bits per heavy atom. The van der Waals surface area contributed by atoms with Crippen LogP contribution in [0.15, 0.2) is 43.5 Å². The highest BCUT2D eigenvalue weighted by molar-refractivity contribution is 5.94. The Balaban J connectivity index is 1.76. The van der Waals surface area contributed by atoms with Gasteiger partial charge in [-0.15, -0.1) is 13.2 Å². The number of carboxylic acid groups (broad SMARTS) is 1. The van der Waals surface area contributed by atoms with E-state index in [1.54, 1.807) is 18.7 Å². The van der Waals surface area contributed by atoms with Gasteiger partial charge >= 0.3 is 12.1 Å². The van der Waals surface area contributed by atoms with E-state index < -0.39 is 54.0 Å². The van der Waals surface area contributed by atoms with Crippen molar-refractivity contribution in [2.24, 2.45) is 11.8 Å². The maximum Gasteiger partial charge on any atom is 0.407 e. The molecule has 4 atom stereocenters. The van der Waals surface area contributed by atoms with E-state index in [4.69, 9.17) is 9.47 Å². The number of ether oxygens (including phenoxy) is 2. The second-order valence-corrected chi connectivity index (χ2v) is 12.2. The quantitative estimate of drug-likeness (QED) is 0.367. The standard InChI is InChI=1S/C33H44N6O7/c1-7-21(8-2)27(31(42)43)35-28(40)25-17-22-18-39(25)30(41)26(19(3)4)36-33(44)45-15-11-9-10-12-20-13-14-24-23(16-20)29(46-22)37-32(34-24)38(5)6/h7-8,13-14,16,19,21-22,25-27H,1-2,9-12,15,17-18H2,3-6H3,(H,35,40)(H,36,44)(H,42,43)/t22-,25+,26+,27?/m1/s1. The molecule has 13 nitrogen and oxygen atoms in total. The third-order valence-electron chi connectivity index (χ3n) is 8.28. The third kappa shape index (κ3) is 7.93. The van der Waals surface area contributed by atoms with E-state index in [0.717, 1.165) is 24.8 Å². The SMILES string of the molecule is C=CC(C=C)C(NC(=O)[C@@H]1C[C@@H]2CN1C(=O)[C@H](C(C)C)NC(=O)OCCCCCc1ccc3nc(N(C)C)nc(c3c1)O2)C(=O)O. The first-order valence-electron chi connectivity index (χ1n) is 15.6. The largest absolute Gasteiger partial charge is 0.480 e. The summed E-state index contributed by atoms with van der Waals surface area (Å²) in [6.07, 6.45) is 4.56. The van der Waals surface area contributed by atoms with Crippen LogP contribution in [0.3, 0.4) is 0 Å². The summed E-state index contributed by atoms with van der Waals surface area (Å²) < 4.78 is 11.9. The molecular weight excluding hydrogens is 592 g/mol. The number of carbonyl (C=O) groups excluding carboxylic acids is 3. The first kappa shape index (κ1) is 34.2. The molecular formula is C33H44N6O7. The first-order valence-corrected chi connectivity index (χ1v) is 15.6. The van der Waals surface area contributed by atoms with Gasteiger partial charge in [-0.3, -0.25) is 9.59 Å². The van der Waals surface area contributed by atoms with Crippen LogP contribution in [0, 0.1) is 11.8 Å². The molecule has 2 aromatic rings. The van der Waals surface area contributed by atoms with Crippen molar-refractivity contribution in [3.05, 3.63) is 49.1 Å². The van der Waals surface area contributed by atoms with Gasteiger partial charge in [0, 0.05) is 26.4 Å². The Labute approximate surface area is 269 Å². The number of amides is 3. The van der Waals surface area contributed by atoms with Crippen LogP contribution in [0.5, 0.6) is 5.88 Å². The van der Waals surface area contributed by atoms with Crippen LogP contribution in [0.4, 0.5) is 10.7 Å². The number of cyclic esters (lactones) is 1. The van der Waals surface area contributed by atoms with E-state index in [1.807, 2.05) is 32.3 Å². The molecule has 1 fully saturated rings. The molecule has 0 saturated carbocycles. The lowest BCUT2D eigenvalue weighted by molar-refractivity contribution is -0.145. The number of nitrogens with one attached hydrogen (secondary N) is 2. The average Bonchev–Trinajstić information content (AvgIpc) is 3.44. The van der Waals surface area contributed by atoms with E-state index in [0.29, 0.717) is 29.2 Å². The van der Waals surface area contributed by atoms with Gasteiger partial charge in [0.1, 0.15) is 24.2 Å². The fourth-order valence-corrected chi connectivity index (χ4v) is 5.69. The molecule has 46 heavy (non-hydrogen) atoms. The smallest absolute Gasteiger partial charge is 0.407 e. The van der Waals surface area contributed by atoms with Gasteiger partial charge in [-0.25, -0.2) is 14.6 Å². The van der Waals surface area contributed by atoms with E-state index in [2.05, 4.69) is 33.8 Å². The number of aryl methyl sites for hydroxylation is 1. The first-order chi connectivity index (χ1) is 21.9. The molecule has 13 heteroatoms. The summed E-state index contributed by atoms with van der Waals surface area (Å²) >= 11 is 0. The minimum absolute atomic E-state index is 0.0105. The molecule has 3 heterocycles. The molecule has 1 saturated heterocycles. The molecule has 3 N–H and O–H groups in total. The Hall–Kier alpha value is -4.68. The lowest BCUT2D eigenvalue weighted by atomic mass is 9.99. The van der Waals surface area contributed by atoms with Gasteiger partial charge in [0.25, 0.3) is 0 Å². The maximum absolute atomic E-state index is 14.1. The topological polar surface area (TPSA) is 163 Å². The van der Waals surface area contributed by atoms with Crippen molar-refractivity contribution in [3.8, 4) is 5.88 Å². The average molecular weight is 637 g/mol. The van der Waals surface area contributed by atoms with Gasteiger partial charge in [-0.05, 0) is 49.3 Å². The molecule has 4 bridgehead atoms. The summed E-state index contributed by atoms with van der Waals surface area (Å²) in [7, 11) is 3.64. The number of alkyl carbamates (subject to hydrolysis) is 1. The summed E-state index contributed by atoms with van der Waals surface area (Å²) in [6, 6.07) is 2.47. The van der Waals surface area contributed by atoms with Gasteiger partial charge in [0.05, 0.1) is 24.1 Å². The van der Waals surface area contributed by atoms with Crippen LogP contribution in [0.1, 0.15) is 45.1 Å².